The Morgan fingerprint density at radius 2 is 1.97 bits per heavy atom. The van der Waals surface area contributed by atoms with Gasteiger partial charge in [0.25, 0.3) is 0 Å². The first-order chi connectivity index (χ1) is 14.7. The molecule has 8 heteroatoms. The third-order valence-corrected chi connectivity index (χ3v) is 6.05. The van der Waals surface area contributed by atoms with Crippen molar-refractivity contribution in [2.75, 3.05) is 44.7 Å². The first-order valence-corrected chi connectivity index (χ1v) is 10.7. The van der Waals surface area contributed by atoms with Crippen LogP contribution in [0.3, 0.4) is 0 Å². The smallest absolute Gasteiger partial charge is 0.178 e. The Hall–Kier alpha value is -3.05. The van der Waals surface area contributed by atoms with Crippen LogP contribution in [0.25, 0.3) is 5.57 Å². The highest BCUT2D eigenvalue weighted by molar-refractivity contribution is 5.74. The van der Waals surface area contributed by atoms with Crippen LogP contribution in [-0.4, -0.2) is 59.7 Å². The number of aromatic nitrogens is 3. The van der Waals surface area contributed by atoms with Crippen molar-refractivity contribution in [2.45, 2.75) is 32.2 Å². The third-order valence-electron chi connectivity index (χ3n) is 6.05. The number of ether oxygens (including phenoxy) is 1. The maximum atomic E-state index is 10.8. The van der Waals surface area contributed by atoms with Crippen molar-refractivity contribution in [3.8, 4) is 11.8 Å². The van der Waals surface area contributed by atoms with Gasteiger partial charge in [-0.3, -0.25) is 0 Å². The maximum Gasteiger partial charge on any atom is 0.178 e. The van der Waals surface area contributed by atoms with Crippen LogP contribution in [0, 0.1) is 11.3 Å². The summed E-state index contributed by atoms with van der Waals surface area (Å²) in [6.07, 6.45) is 4.17. The Labute approximate surface area is 177 Å². The molecule has 0 atom stereocenters. The van der Waals surface area contributed by atoms with Gasteiger partial charge in [0.15, 0.2) is 11.6 Å². The van der Waals surface area contributed by atoms with Crippen molar-refractivity contribution >= 4 is 11.3 Å². The number of hydrogen-bond acceptors (Lipinski definition) is 6. The number of fused-ring (bicyclic) bond motifs is 1. The lowest BCUT2D eigenvalue weighted by molar-refractivity contribution is -0.897. The highest BCUT2D eigenvalue weighted by Crippen LogP contribution is 2.27. The molecular formula is C22H29N6O2+. The van der Waals surface area contributed by atoms with Gasteiger partial charge >= 0.3 is 0 Å². The van der Waals surface area contributed by atoms with Gasteiger partial charge in [-0.1, -0.05) is 18.6 Å². The van der Waals surface area contributed by atoms with E-state index < -0.39 is 0 Å². The summed E-state index contributed by atoms with van der Waals surface area (Å²) in [5, 5.41) is 29.0. The fourth-order valence-electron chi connectivity index (χ4n) is 4.37. The molecule has 30 heavy (non-hydrogen) atoms. The number of aliphatic hydroxyl groups is 1. The van der Waals surface area contributed by atoms with Crippen LogP contribution in [0.15, 0.2) is 30.0 Å². The van der Waals surface area contributed by atoms with Crippen molar-refractivity contribution in [1.29, 1.82) is 5.26 Å². The molecule has 2 aliphatic rings. The average Bonchev–Trinajstić information content (AvgIpc) is 3.02. The highest BCUT2D eigenvalue weighted by Gasteiger charge is 2.26. The molecule has 1 saturated heterocycles. The molecule has 2 aromatic rings. The minimum Gasteiger partial charge on any atom is -0.506 e. The van der Waals surface area contributed by atoms with Crippen LogP contribution >= 0.6 is 0 Å². The topological polar surface area (TPSA) is 91.6 Å². The number of quaternary nitrogens is 1. The molecule has 0 bridgehead atoms. The van der Waals surface area contributed by atoms with Gasteiger partial charge in [0, 0.05) is 13.0 Å². The van der Waals surface area contributed by atoms with E-state index in [2.05, 4.69) is 27.2 Å². The molecule has 0 amide bonds. The molecular weight excluding hydrogens is 380 g/mol. The molecule has 0 unspecified atom stereocenters. The number of aryl methyl sites for hydroxylation is 1. The summed E-state index contributed by atoms with van der Waals surface area (Å²) in [5.74, 6) is 2.42. The second kappa shape index (κ2) is 9.18. The summed E-state index contributed by atoms with van der Waals surface area (Å²) in [7, 11) is 1.69. The number of methoxy groups -OCH3 is 1. The molecule has 0 saturated carbocycles. The van der Waals surface area contributed by atoms with E-state index in [0.29, 0.717) is 12.4 Å². The minimum absolute atomic E-state index is 0.109. The Bertz CT molecular complexity index is 953. The summed E-state index contributed by atoms with van der Waals surface area (Å²) < 4.78 is 7.50. The number of rotatable bonds is 5. The summed E-state index contributed by atoms with van der Waals surface area (Å²) >= 11 is 0. The highest BCUT2D eigenvalue weighted by atomic mass is 16.5. The van der Waals surface area contributed by atoms with Gasteiger partial charge in [-0.2, -0.15) is 5.26 Å². The summed E-state index contributed by atoms with van der Waals surface area (Å²) in [4.78, 5) is 3.56. The molecule has 1 fully saturated rings. The Morgan fingerprint density at radius 3 is 2.73 bits per heavy atom. The number of para-hydroxylation sites is 2. The monoisotopic (exact) mass is 409 g/mol. The number of nitrogens with zero attached hydrogens (tertiary/aromatic N) is 5. The number of allylic oxidation sites excluding steroid dienone is 1. The van der Waals surface area contributed by atoms with E-state index in [-0.39, 0.29) is 11.3 Å². The van der Waals surface area contributed by atoms with Crippen LogP contribution in [0.2, 0.25) is 0 Å². The predicted octanol–water partition coefficient (Wildman–Crippen LogP) is 1.21. The molecule has 1 aromatic heterocycles. The molecule has 8 nitrogen and oxygen atoms in total. The molecule has 0 radical (unpaired) electrons. The van der Waals surface area contributed by atoms with E-state index in [1.165, 1.54) is 4.90 Å². The van der Waals surface area contributed by atoms with Gasteiger partial charge in [-0.25, -0.2) is 0 Å². The average molecular weight is 410 g/mol. The Morgan fingerprint density at radius 1 is 1.17 bits per heavy atom. The lowest BCUT2D eigenvalue weighted by Gasteiger charge is -2.34. The zero-order chi connectivity index (χ0) is 20.9. The van der Waals surface area contributed by atoms with E-state index in [0.717, 1.165) is 75.7 Å². The number of nitrogens with one attached hydrogen (secondary N) is 1. The first kappa shape index (κ1) is 20.2. The molecule has 2 aliphatic heterocycles. The fraction of sp³-hybridized carbons (Fsp3) is 0.500. The van der Waals surface area contributed by atoms with Gasteiger partial charge in [-0.15, -0.1) is 10.2 Å². The van der Waals surface area contributed by atoms with Gasteiger partial charge in [-0.05, 0) is 25.0 Å². The largest absolute Gasteiger partial charge is 0.506 e. The molecule has 0 aliphatic carbocycles. The number of anilines is 1. The van der Waals surface area contributed by atoms with Crippen molar-refractivity contribution < 1.29 is 14.7 Å². The van der Waals surface area contributed by atoms with Gasteiger partial charge in [0.05, 0.1) is 39.0 Å². The van der Waals surface area contributed by atoms with E-state index in [1.807, 2.05) is 22.8 Å². The van der Waals surface area contributed by atoms with E-state index in [4.69, 9.17) is 4.74 Å². The molecule has 0 spiro atoms. The van der Waals surface area contributed by atoms with Crippen LogP contribution in [-0.2, 0) is 13.0 Å². The number of hydrogen-bond donors (Lipinski definition) is 2. The molecule has 2 N–H and O–H groups in total. The summed E-state index contributed by atoms with van der Waals surface area (Å²) in [5.41, 5.74) is 1.36. The number of piperazine rings is 1. The number of benzene rings is 1. The Balaban J connectivity index is 1.45. The Kier molecular flexibility index (Phi) is 6.19. The van der Waals surface area contributed by atoms with Gasteiger partial charge in [0.2, 0.25) is 0 Å². The normalized spacial score (nSPS) is 18.2. The van der Waals surface area contributed by atoms with Crippen LogP contribution in [0.5, 0.6) is 5.75 Å². The zero-order valence-corrected chi connectivity index (χ0v) is 17.5. The SMILES string of the molecule is COc1ccccc1N1CC[NH+](C/C(O)=C(\C#N)c2nnc3n2CCCCC3)CC1. The lowest BCUT2D eigenvalue weighted by atomic mass is 10.2. The van der Waals surface area contributed by atoms with Crippen LogP contribution in [0.1, 0.15) is 30.9 Å². The van der Waals surface area contributed by atoms with Crippen molar-refractivity contribution in [3.63, 3.8) is 0 Å². The van der Waals surface area contributed by atoms with Gasteiger partial charge < -0.3 is 24.2 Å². The molecule has 4 rings (SSSR count). The molecule has 3 heterocycles. The summed E-state index contributed by atoms with van der Waals surface area (Å²) in [6, 6.07) is 10.2. The number of aliphatic hydroxyl groups excluding tert-OH is 1. The van der Waals surface area contributed by atoms with Crippen molar-refractivity contribution in [1.82, 2.24) is 14.8 Å². The first-order valence-electron chi connectivity index (χ1n) is 10.7. The molecule has 1 aromatic carbocycles. The quantitative estimate of drug-likeness (QED) is 0.570. The van der Waals surface area contributed by atoms with Crippen molar-refractivity contribution in [3.05, 3.63) is 41.7 Å². The minimum atomic E-state index is 0.109. The fourth-order valence-corrected chi connectivity index (χ4v) is 4.37. The molecule has 158 valence electrons. The number of nitriles is 1. The van der Waals surface area contributed by atoms with Crippen LogP contribution < -0.4 is 14.5 Å². The van der Waals surface area contributed by atoms with Crippen LogP contribution in [0.4, 0.5) is 5.69 Å². The second-order valence-electron chi connectivity index (χ2n) is 7.92. The van der Waals surface area contributed by atoms with E-state index in [1.54, 1.807) is 7.11 Å². The lowest BCUT2D eigenvalue weighted by Crippen LogP contribution is -3.15. The predicted molar refractivity (Wildman–Crippen MR) is 114 cm³/mol. The van der Waals surface area contributed by atoms with Crippen molar-refractivity contribution in [2.24, 2.45) is 0 Å². The standard InChI is InChI=1S/C22H28N6O2/c1-30-20-8-5-4-7-18(20)27-13-11-26(12-14-27)16-19(29)17(15-23)22-25-24-21-9-3-2-6-10-28(21)22/h4-5,7-8,29H,2-3,6,9-14,16H2,1H3/p+1/b19-17-. The van der Waals surface area contributed by atoms with Gasteiger partial charge in [0.1, 0.15) is 29.8 Å². The summed E-state index contributed by atoms with van der Waals surface area (Å²) in [6.45, 7) is 4.71. The van der Waals surface area contributed by atoms with E-state index in [9.17, 15) is 10.4 Å². The zero-order valence-electron chi connectivity index (χ0n) is 17.5. The van der Waals surface area contributed by atoms with E-state index >= 15 is 0 Å². The third kappa shape index (κ3) is 4.12. The maximum absolute atomic E-state index is 10.8. The second-order valence-corrected chi connectivity index (χ2v) is 7.92.